The van der Waals surface area contributed by atoms with Crippen LogP contribution < -0.4 is 5.32 Å². The van der Waals surface area contributed by atoms with Crippen LogP contribution in [0.2, 0.25) is 0 Å². The van der Waals surface area contributed by atoms with Gasteiger partial charge < -0.3 is 5.32 Å². The van der Waals surface area contributed by atoms with Crippen molar-refractivity contribution in [1.29, 1.82) is 0 Å². The van der Waals surface area contributed by atoms with E-state index in [0.29, 0.717) is 6.04 Å². The molecule has 1 aliphatic rings. The van der Waals surface area contributed by atoms with Gasteiger partial charge in [-0.05, 0) is 13.3 Å². The van der Waals surface area contributed by atoms with Crippen molar-refractivity contribution in [2.45, 2.75) is 38.6 Å². The van der Waals surface area contributed by atoms with Gasteiger partial charge in [-0.1, -0.05) is 26.2 Å². The van der Waals surface area contributed by atoms with Crippen LogP contribution in [0.4, 0.5) is 0 Å². The monoisotopic (exact) mass is 183 g/mol. The summed E-state index contributed by atoms with van der Waals surface area (Å²) < 4.78 is 0. The molecular weight excluding hydrogens is 160 g/mol. The third kappa shape index (κ3) is 4.10. The fourth-order valence-electron chi connectivity index (χ4n) is 1.86. The molecule has 0 aromatic rings. The molecule has 13 heavy (non-hydrogen) atoms. The number of unbranched alkanes of at least 4 members (excludes halogenated alkanes) is 2. The predicted octanol–water partition coefficient (Wildman–Crippen LogP) is 1.67. The third-order valence-electron chi connectivity index (χ3n) is 2.81. The standard InChI is InChI=1S/C11H23N2/c1-3-4-5-6-11(2)13-9-7-12-8-10-13/h11-12H,2-10H2,1H3. The van der Waals surface area contributed by atoms with Crippen LogP contribution in [0.3, 0.4) is 0 Å². The first-order chi connectivity index (χ1) is 6.34. The Morgan fingerprint density at radius 2 is 2.00 bits per heavy atom. The Morgan fingerprint density at radius 1 is 1.31 bits per heavy atom. The van der Waals surface area contributed by atoms with E-state index < -0.39 is 0 Å². The zero-order chi connectivity index (χ0) is 9.52. The fraction of sp³-hybridized carbons (Fsp3) is 0.909. The van der Waals surface area contributed by atoms with Gasteiger partial charge in [-0.25, -0.2) is 0 Å². The Kier molecular flexibility index (Phi) is 5.40. The molecule has 0 saturated carbocycles. The average Bonchev–Trinajstić information content (AvgIpc) is 2.19. The van der Waals surface area contributed by atoms with Crippen molar-refractivity contribution in [2.75, 3.05) is 26.2 Å². The van der Waals surface area contributed by atoms with Crippen LogP contribution in [0.5, 0.6) is 0 Å². The molecule has 0 bridgehead atoms. The van der Waals surface area contributed by atoms with E-state index in [1.165, 1.54) is 38.8 Å². The molecule has 0 aromatic carbocycles. The maximum atomic E-state index is 4.23. The van der Waals surface area contributed by atoms with Crippen LogP contribution in [0.15, 0.2) is 0 Å². The van der Waals surface area contributed by atoms with Crippen LogP contribution in [0.1, 0.15) is 32.6 Å². The normalized spacial score (nSPS) is 21.7. The quantitative estimate of drug-likeness (QED) is 0.652. The number of hydrogen-bond acceptors (Lipinski definition) is 2. The van der Waals surface area contributed by atoms with Gasteiger partial charge >= 0.3 is 0 Å². The summed E-state index contributed by atoms with van der Waals surface area (Å²) in [6, 6.07) is 0.550. The molecule has 2 heteroatoms. The summed E-state index contributed by atoms with van der Waals surface area (Å²) in [4.78, 5) is 2.51. The smallest absolute Gasteiger partial charge is 0.0110 e. The lowest BCUT2D eigenvalue weighted by Gasteiger charge is -2.32. The summed E-state index contributed by atoms with van der Waals surface area (Å²) >= 11 is 0. The van der Waals surface area contributed by atoms with Gasteiger partial charge in [-0.3, -0.25) is 4.90 Å². The van der Waals surface area contributed by atoms with Gasteiger partial charge in [0, 0.05) is 32.2 Å². The van der Waals surface area contributed by atoms with E-state index in [0.717, 1.165) is 13.1 Å². The van der Waals surface area contributed by atoms with Crippen LogP contribution in [-0.2, 0) is 0 Å². The number of nitrogens with one attached hydrogen (secondary N) is 1. The van der Waals surface area contributed by atoms with E-state index in [4.69, 9.17) is 0 Å². The molecule has 1 atom stereocenters. The third-order valence-corrected chi connectivity index (χ3v) is 2.81. The second-order valence-corrected chi connectivity index (χ2v) is 3.94. The van der Waals surface area contributed by atoms with E-state index in [2.05, 4.69) is 24.1 Å². The van der Waals surface area contributed by atoms with E-state index in [9.17, 15) is 0 Å². The van der Waals surface area contributed by atoms with Crippen LogP contribution in [0.25, 0.3) is 0 Å². The average molecular weight is 183 g/mol. The summed E-state index contributed by atoms with van der Waals surface area (Å²) in [5, 5.41) is 3.37. The summed E-state index contributed by atoms with van der Waals surface area (Å²) in [5.74, 6) is 0. The minimum Gasteiger partial charge on any atom is -0.314 e. The van der Waals surface area contributed by atoms with Crippen molar-refractivity contribution in [3.63, 3.8) is 0 Å². The first-order valence-electron chi connectivity index (χ1n) is 5.62. The molecule has 0 amide bonds. The molecule has 0 aromatic heterocycles. The van der Waals surface area contributed by atoms with Crippen molar-refractivity contribution in [3.8, 4) is 0 Å². The minimum atomic E-state index is 0.550. The van der Waals surface area contributed by atoms with Crippen LogP contribution >= 0.6 is 0 Å². The highest BCUT2D eigenvalue weighted by Gasteiger charge is 2.15. The first kappa shape index (κ1) is 11.0. The highest BCUT2D eigenvalue weighted by atomic mass is 15.2. The molecule has 1 aliphatic heterocycles. The predicted molar refractivity (Wildman–Crippen MR) is 57.7 cm³/mol. The number of nitrogens with zero attached hydrogens (tertiary/aromatic N) is 1. The molecule has 0 spiro atoms. The van der Waals surface area contributed by atoms with Crippen molar-refractivity contribution in [1.82, 2.24) is 10.2 Å². The van der Waals surface area contributed by atoms with Crippen molar-refractivity contribution >= 4 is 0 Å². The first-order valence-corrected chi connectivity index (χ1v) is 5.62. The van der Waals surface area contributed by atoms with E-state index in [1.54, 1.807) is 0 Å². The fourth-order valence-corrected chi connectivity index (χ4v) is 1.86. The zero-order valence-corrected chi connectivity index (χ0v) is 8.89. The van der Waals surface area contributed by atoms with Crippen molar-refractivity contribution < 1.29 is 0 Å². The lowest BCUT2D eigenvalue weighted by Crippen LogP contribution is -2.47. The highest BCUT2D eigenvalue weighted by Crippen LogP contribution is 2.09. The van der Waals surface area contributed by atoms with Gasteiger partial charge in [0.2, 0.25) is 0 Å². The Morgan fingerprint density at radius 3 is 2.62 bits per heavy atom. The zero-order valence-electron chi connectivity index (χ0n) is 8.89. The lowest BCUT2D eigenvalue weighted by molar-refractivity contribution is 0.190. The summed E-state index contributed by atoms with van der Waals surface area (Å²) in [6.07, 6.45) is 5.29. The van der Waals surface area contributed by atoms with E-state index >= 15 is 0 Å². The van der Waals surface area contributed by atoms with E-state index in [-0.39, 0.29) is 0 Å². The molecule has 1 N–H and O–H groups in total. The van der Waals surface area contributed by atoms with Crippen molar-refractivity contribution in [2.24, 2.45) is 0 Å². The number of rotatable bonds is 5. The summed E-state index contributed by atoms with van der Waals surface area (Å²) in [7, 11) is 0. The van der Waals surface area contributed by atoms with Crippen LogP contribution in [0, 0.1) is 6.92 Å². The minimum absolute atomic E-state index is 0.550. The number of piperazine rings is 1. The van der Waals surface area contributed by atoms with Gasteiger partial charge in [-0.2, -0.15) is 0 Å². The maximum absolute atomic E-state index is 4.23. The van der Waals surface area contributed by atoms with Crippen LogP contribution in [-0.4, -0.2) is 37.1 Å². The molecular formula is C11H23N2. The largest absolute Gasteiger partial charge is 0.314 e. The summed E-state index contributed by atoms with van der Waals surface area (Å²) in [5.41, 5.74) is 0. The van der Waals surface area contributed by atoms with Gasteiger partial charge in [0.05, 0.1) is 0 Å². The Hall–Kier alpha value is -0.0800. The molecule has 1 rings (SSSR count). The molecule has 1 saturated heterocycles. The van der Waals surface area contributed by atoms with Gasteiger partial charge in [0.25, 0.3) is 0 Å². The Balaban J connectivity index is 2.09. The second-order valence-electron chi connectivity index (χ2n) is 3.94. The second kappa shape index (κ2) is 6.39. The highest BCUT2D eigenvalue weighted by molar-refractivity contribution is 4.78. The maximum Gasteiger partial charge on any atom is 0.0110 e. The molecule has 77 valence electrons. The van der Waals surface area contributed by atoms with Crippen molar-refractivity contribution in [3.05, 3.63) is 6.92 Å². The van der Waals surface area contributed by atoms with Gasteiger partial charge in [-0.15, -0.1) is 0 Å². The molecule has 1 unspecified atom stereocenters. The summed E-state index contributed by atoms with van der Waals surface area (Å²) in [6.45, 7) is 11.1. The molecule has 1 radical (unpaired) electrons. The SMILES string of the molecule is [CH2]C(CCCCC)N1CCNCC1. The van der Waals surface area contributed by atoms with Gasteiger partial charge in [0.15, 0.2) is 0 Å². The molecule has 1 heterocycles. The van der Waals surface area contributed by atoms with E-state index in [1.807, 2.05) is 0 Å². The molecule has 1 fully saturated rings. The Labute approximate surface area is 82.7 Å². The lowest BCUT2D eigenvalue weighted by atomic mass is 10.1. The topological polar surface area (TPSA) is 15.3 Å². The molecule has 0 aliphatic carbocycles. The molecule has 2 nitrogen and oxygen atoms in total. The van der Waals surface area contributed by atoms with Gasteiger partial charge in [0.1, 0.15) is 0 Å². The Bertz CT molecular complexity index is 119. The number of hydrogen-bond donors (Lipinski definition) is 1.